The summed E-state index contributed by atoms with van der Waals surface area (Å²) in [5, 5.41) is 0. The van der Waals surface area contributed by atoms with Crippen molar-refractivity contribution >= 4 is 5.78 Å². The van der Waals surface area contributed by atoms with Gasteiger partial charge in [-0.3, -0.25) is 4.79 Å². The topological polar surface area (TPSA) is 17.1 Å². The lowest BCUT2D eigenvalue weighted by Gasteiger charge is -2.28. The Morgan fingerprint density at radius 2 is 1.28 bits per heavy atom. The minimum Gasteiger partial charge on any atom is -0.290 e. The van der Waals surface area contributed by atoms with Crippen LogP contribution in [0.15, 0.2) is 24.3 Å². The van der Waals surface area contributed by atoms with E-state index in [4.69, 9.17) is 0 Å². The van der Waals surface area contributed by atoms with Crippen LogP contribution in [0, 0.1) is 6.07 Å². The molecule has 99 valence electrons. The fourth-order valence-electron chi connectivity index (χ4n) is 1.16. The van der Waals surface area contributed by atoms with Crippen molar-refractivity contribution in [1.82, 2.24) is 0 Å². The Balaban J connectivity index is 3.36. The van der Waals surface area contributed by atoms with E-state index in [0.29, 0.717) is 12.1 Å². The predicted molar refractivity (Wildman–Crippen MR) is 45.6 cm³/mol. The van der Waals surface area contributed by atoms with Gasteiger partial charge >= 0.3 is 18.0 Å². The fraction of sp³-hybridized carbons (Fsp3) is 0.300. The highest BCUT2D eigenvalue weighted by molar-refractivity contribution is 6.03. The molecule has 0 fully saturated rings. The maximum absolute atomic E-state index is 13.3. The zero-order chi connectivity index (χ0) is 14.2. The van der Waals surface area contributed by atoms with E-state index in [1.54, 1.807) is 0 Å². The van der Waals surface area contributed by atoms with Crippen molar-refractivity contribution < 1.29 is 35.5 Å². The zero-order valence-electron chi connectivity index (χ0n) is 8.36. The van der Waals surface area contributed by atoms with Crippen molar-refractivity contribution in [3.63, 3.8) is 0 Å². The molecule has 0 saturated heterocycles. The molecule has 1 nitrogen and oxygen atoms in total. The van der Waals surface area contributed by atoms with E-state index in [2.05, 4.69) is 6.07 Å². The smallest absolute Gasteiger partial charge is 0.290 e. The molecule has 0 atom stereocenters. The van der Waals surface area contributed by atoms with Gasteiger partial charge in [0.15, 0.2) is 0 Å². The maximum atomic E-state index is 13.3. The van der Waals surface area contributed by atoms with Crippen LogP contribution in [0.2, 0.25) is 0 Å². The molecule has 1 aromatic rings. The summed E-state index contributed by atoms with van der Waals surface area (Å²) < 4.78 is 86.6. The Labute approximate surface area is 96.2 Å². The van der Waals surface area contributed by atoms with Gasteiger partial charge in [0.1, 0.15) is 0 Å². The van der Waals surface area contributed by atoms with Crippen LogP contribution in [0.1, 0.15) is 10.4 Å². The zero-order valence-corrected chi connectivity index (χ0v) is 8.36. The molecule has 0 aliphatic carbocycles. The highest BCUT2D eigenvalue weighted by atomic mass is 19.4. The van der Waals surface area contributed by atoms with Gasteiger partial charge in [0.2, 0.25) is 5.78 Å². The van der Waals surface area contributed by atoms with Gasteiger partial charge in [-0.15, -0.1) is 0 Å². The molecule has 1 radical (unpaired) electrons. The van der Waals surface area contributed by atoms with Crippen LogP contribution in [0.5, 0.6) is 0 Å². The number of ketones is 1. The highest BCUT2D eigenvalue weighted by Crippen LogP contribution is 2.47. The molecule has 0 bridgehead atoms. The lowest BCUT2D eigenvalue weighted by Crippen LogP contribution is -2.58. The summed E-state index contributed by atoms with van der Waals surface area (Å²) in [4.78, 5) is 11.1. The maximum Gasteiger partial charge on any atom is 0.439 e. The van der Waals surface area contributed by atoms with E-state index >= 15 is 0 Å². The van der Waals surface area contributed by atoms with Crippen LogP contribution in [-0.4, -0.2) is 23.8 Å². The van der Waals surface area contributed by atoms with Crippen molar-refractivity contribution in [2.75, 3.05) is 0 Å². The van der Waals surface area contributed by atoms with Crippen LogP contribution < -0.4 is 0 Å². The summed E-state index contributed by atoms with van der Waals surface area (Å²) in [5.41, 5.74) is -6.95. The van der Waals surface area contributed by atoms with Gasteiger partial charge in [0.25, 0.3) is 0 Å². The monoisotopic (exact) mass is 273 g/mol. The summed E-state index contributed by atoms with van der Waals surface area (Å²) in [5.74, 6) is -2.70. The van der Waals surface area contributed by atoms with E-state index in [-0.39, 0.29) is 0 Å². The number of Topliss-reactive ketones (excluding diaryl/α,β-unsaturated/α-hetero) is 1. The van der Waals surface area contributed by atoms with Crippen molar-refractivity contribution in [2.45, 2.75) is 18.0 Å². The summed E-state index contributed by atoms with van der Waals surface area (Å²) >= 11 is 0. The highest BCUT2D eigenvalue weighted by Gasteiger charge is 2.77. The van der Waals surface area contributed by atoms with Crippen molar-refractivity contribution in [2.24, 2.45) is 0 Å². The average Bonchev–Trinajstić information content (AvgIpc) is 2.25. The lowest BCUT2D eigenvalue weighted by molar-refractivity contribution is -0.317. The minimum atomic E-state index is -6.39. The van der Waals surface area contributed by atoms with Gasteiger partial charge < -0.3 is 0 Å². The lowest BCUT2D eigenvalue weighted by atomic mass is 9.93. The number of alkyl halides is 7. The number of benzene rings is 1. The molecule has 0 heterocycles. The third-order valence-electron chi connectivity index (χ3n) is 2.07. The molecule has 0 aliphatic rings. The Morgan fingerprint density at radius 3 is 1.61 bits per heavy atom. The average molecular weight is 273 g/mol. The number of hydrogen-bond donors (Lipinski definition) is 0. The largest absolute Gasteiger partial charge is 0.439 e. The second-order valence-electron chi connectivity index (χ2n) is 3.27. The molecule has 0 saturated carbocycles. The van der Waals surface area contributed by atoms with Gasteiger partial charge in [-0.1, -0.05) is 24.3 Å². The molecule has 0 amide bonds. The van der Waals surface area contributed by atoms with E-state index < -0.39 is 29.4 Å². The Hall–Kier alpha value is -1.60. The van der Waals surface area contributed by atoms with Crippen LogP contribution in [0.3, 0.4) is 0 Å². The van der Waals surface area contributed by atoms with E-state index in [1.165, 1.54) is 0 Å². The first-order valence-corrected chi connectivity index (χ1v) is 4.35. The minimum absolute atomic E-state index is 0.619. The molecule has 18 heavy (non-hydrogen) atoms. The molecule has 0 unspecified atom stereocenters. The molecule has 1 rings (SSSR count). The fourth-order valence-corrected chi connectivity index (χ4v) is 1.16. The first-order chi connectivity index (χ1) is 8.02. The van der Waals surface area contributed by atoms with E-state index in [1.807, 2.05) is 0 Å². The third-order valence-corrected chi connectivity index (χ3v) is 2.07. The molecular formula is C10H4F7O. The number of carbonyl (C=O) groups excluding carboxylic acids is 1. The molecule has 0 aromatic heterocycles. The second kappa shape index (κ2) is 4.25. The second-order valence-corrected chi connectivity index (χ2v) is 3.27. The number of hydrogen-bond acceptors (Lipinski definition) is 1. The quantitative estimate of drug-likeness (QED) is 0.595. The summed E-state index contributed by atoms with van der Waals surface area (Å²) in [6.07, 6.45) is -12.8. The van der Waals surface area contributed by atoms with Crippen LogP contribution in [-0.2, 0) is 0 Å². The van der Waals surface area contributed by atoms with Crippen molar-refractivity contribution in [3.8, 4) is 0 Å². The molecule has 0 spiro atoms. The van der Waals surface area contributed by atoms with Crippen molar-refractivity contribution in [1.29, 1.82) is 0 Å². The van der Waals surface area contributed by atoms with Crippen LogP contribution in [0.4, 0.5) is 30.7 Å². The number of halogens is 7. The Morgan fingerprint density at radius 1 is 0.889 bits per heavy atom. The number of carbonyl (C=O) groups is 1. The third kappa shape index (κ3) is 2.19. The van der Waals surface area contributed by atoms with Gasteiger partial charge in [-0.25, -0.2) is 4.39 Å². The standard InChI is InChI=1S/C10H4F7O/c11-8(9(12,13)14,10(15,16)17)7(18)6-4-2-1-3-5-6/h2-5H. The van der Waals surface area contributed by atoms with Gasteiger partial charge in [0, 0.05) is 5.56 Å². The molecule has 0 aliphatic heterocycles. The SMILES string of the molecule is O=C(c1cc[c]cc1)C(F)(C(F)(F)F)C(F)(F)F. The van der Waals surface area contributed by atoms with Crippen LogP contribution in [0.25, 0.3) is 0 Å². The van der Waals surface area contributed by atoms with Gasteiger partial charge in [-0.05, 0) is 6.07 Å². The summed E-state index contributed by atoms with van der Waals surface area (Å²) in [6.45, 7) is 0. The predicted octanol–water partition coefficient (Wildman–Crippen LogP) is 3.50. The summed E-state index contributed by atoms with van der Waals surface area (Å²) in [7, 11) is 0. The van der Waals surface area contributed by atoms with E-state index in [9.17, 15) is 35.5 Å². The first-order valence-electron chi connectivity index (χ1n) is 4.35. The first kappa shape index (κ1) is 14.5. The van der Waals surface area contributed by atoms with Gasteiger partial charge in [0.05, 0.1) is 0 Å². The normalized spacial score (nSPS) is 13.5. The number of rotatable bonds is 2. The van der Waals surface area contributed by atoms with Crippen LogP contribution >= 0.6 is 0 Å². The Kier molecular flexibility index (Phi) is 3.42. The van der Waals surface area contributed by atoms with Gasteiger partial charge in [-0.2, -0.15) is 26.3 Å². The molecule has 1 aromatic carbocycles. The van der Waals surface area contributed by atoms with Crippen molar-refractivity contribution in [3.05, 3.63) is 35.9 Å². The summed E-state index contributed by atoms with van der Waals surface area (Å²) in [6, 6.07) is 5.32. The Bertz CT molecular complexity index is 418. The molecular weight excluding hydrogens is 269 g/mol. The molecule has 0 N–H and O–H groups in total. The molecule has 8 heteroatoms. The van der Waals surface area contributed by atoms with E-state index in [0.717, 1.165) is 12.1 Å².